The van der Waals surface area contributed by atoms with Gasteiger partial charge in [0, 0.05) is 27.9 Å². The van der Waals surface area contributed by atoms with E-state index >= 15 is 0 Å². The third-order valence-corrected chi connectivity index (χ3v) is 3.33. The van der Waals surface area contributed by atoms with Gasteiger partial charge in [-0.1, -0.05) is 23.7 Å². The number of nitrogens with zero attached hydrogens (tertiary/aromatic N) is 1. The Hall–Kier alpha value is -1.06. The zero-order chi connectivity index (χ0) is 11.4. The van der Waals surface area contributed by atoms with Crippen molar-refractivity contribution in [1.29, 1.82) is 0 Å². The quantitative estimate of drug-likeness (QED) is 0.602. The lowest BCUT2D eigenvalue weighted by Gasteiger charge is -2.01. The predicted octanol–water partition coefficient (Wildman–Crippen LogP) is 4.17. The van der Waals surface area contributed by atoms with Crippen LogP contribution in [0.15, 0.2) is 47.5 Å². The normalized spacial score (nSPS) is 10.4. The van der Waals surface area contributed by atoms with Crippen molar-refractivity contribution >= 4 is 23.4 Å². The molecule has 0 aliphatic carbocycles. The van der Waals surface area contributed by atoms with E-state index in [-0.39, 0.29) is 0 Å². The van der Waals surface area contributed by atoms with Gasteiger partial charge < -0.3 is 0 Å². The molecule has 0 fully saturated rings. The van der Waals surface area contributed by atoms with Crippen molar-refractivity contribution in [2.24, 2.45) is 0 Å². The Bertz CT molecular complexity index is 473. The maximum atomic E-state index is 12.8. The summed E-state index contributed by atoms with van der Waals surface area (Å²) in [6.45, 7) is 0. The Morgan fingerprint density at radius 3 is 2.62 bits per heavy atom. The highest BCUT2D eigenvalue weighted by molar-refractivity contribution is 7.98. The van der Waals surface area contributed by atoms with Gasteiger partial charge in [-0.05, 0) is 23.8 Å². The minimum absolute atomic E-state index is 0.443. The smallest absolute Gasteiger partial charge is 0.213 e. The van der Waals surface area contributed by atoms with E-state index in [4.69, 9.17) is 11.6 Å². The first-order valence-electron chi connectivity index (χ1n) is 4.73. The van der Waals surface area contributed by atoms with Crippen LogP contribution in [0.3, 0.4) is 0 Å². The van der Waals surface area contributed by atoms with Crippen LogP contribution in [0.5, 0.6) is 0 Å². The Morgan fingerprint density at radius 1 is 1.19 bits per heavy atom. The van der Waals surface area contributed by atoms with E-state index in [1.165, 1.54) is 12.3 Å². The molecular weight excluding hydrogens is 245 g/mol. The Labute approximate surface area is 103 Å². The second kappa shape index (κ2) is 5.32. The van der Waals surface area contributed by atoms with E-state index in [0.29, 0.717) is 0 Å². The van der Waals surface area contributed by atoms with E-state index in [2.05, 4.69) is 4.98 Å². The molecule has 0 radical (unpaired) electrons. The molecule has 0 saturated heterocycles. The van der Waals surface area contributed by atoms with Crippen molar-refractivity contribution in [2.45, 2.75) is 10.6 Å². The highest BCUT2D eigenvalue weighted by Gasteiger charge is 1.98. The van der Waals surface area contributed by atoms with Gasteiger partial charge in [-0.3, -0.25) is 0 Å². The molecule has 0 unspecified atom stereocenters. The summed E-state index contributed by atoms with van der Waals surface area (Å²) in [5, 5.41) is 0.726. The molecule has 0 aliphatic heterocycles. The minimum Gasteiger partial charge on any atom is -0.228 e. The van der Waals surface area contributed by atoms with Gasteiger partial charge in [0.05, 0.1) is 0 Å². The molecule has 0 bridgehead atoms. The second-order valence-corrected chi connectivity index (χ2v) is 4.71. The third-order valence-electron chi connectivity index (χ3n) is 2.02. The number of hydrogen-bond donors (Lipinski definition) is 0. The Morgan fingerprint density at radius 2 is 1.94 bits per heavy atom. The summed E-state index contributed by atoms with van der Waals surface area (Å²) in [5.74, 6) is 0.349. The van der Waals surface area contributed by atoms with Crippen molar-refractivity contribution < 1.29 is 4.39 Å². The third kappa shape index (κ3) is 3.22. The number of pyridine rings is 1. The van der Waals surface area contributed by atoms with E-state index in [9.17, 15) is 4.39 Å². The van der Waals surface area contributed by atoms with Gasteiger partial charge in [0.1, 0.15) is 0 Å². The van der Waals surface area contributed by atoms with Crippen molar-refractivity contribution in [1.82, 2.24) is 4.98 Å². The SMILES string of the molecule is Fc1cc(SCc2ccc(Cl)cc2)ccn1. The van der Waals surface area contributed by atoms with E-state index in [0.717, 1.165) is 21.2 Å². The van der Waals surface area contributed by atoms with Crippen molar-refractivity contribution in [3.63, 3.8) is 0 Å². The van der Waals surface area contributed by atoms with E-state index in [1.54, 1.807) is 17.8 Å². The molecular formula is C12H9ClFNS. The van der Waals surface area contributed by atoms with Gasteiger partial charge in [0.2, 0.25) is 5.95 Å². The Kier molecular flexibility index (Phi) is 3.80. The van der Waals surface area contributed by atoms with Gasteiger partial charge >= 0.3 is 0 Å². The molecule has 2 rings (SSSR count). The molecule has 1 nitrogen and oxygen atoms in total. The molecule has 0 saturated carbocycles. The van der Waals surface area contributed by atoms with Gasteiger partial charge in [-0.25, -0.2) is 4.98 Å². The molecule has 1 aromatic heterocycles. The lowest BCUT2D eigenvalue weighted by atomic mass is 10.2. The average molecular weight is 254 g/mol. The van der Waals surface area contributed by atoms with Gasteiger partial charge in [0.15, 0.2) is 0 Å². The standard InChI is InChI=1S/C12H9ClFNS/c13-10-3-1-9(2-4-10)8-16-11-5-6-15-12(14)7-11/h1-7H,8H2. The Balaban J connectivity index is 1.99. The molecule has 1 aromatic carbocycles. The molecule has 0 spiro atoms. The molecule has 16 heavy (non-hydrogen) atoms. The highest BCUT2D eigenvalue weighted by Crippen LogP contribution is 2.23. The molecule has 4 heteroatoms. The number of hydrogen-bond acceptors (Lipinski definition) is 2. The van der Waals surface area contributed by atoms with Crippen molar-refractivity contribution in [2.75, 3.05) is 0 Å². The summed E-state index contributed by atoms with van der Waals surface area (Å²) < 4.78 is 12.8. The second-order valence-electron chi connectivity index (χ2n) is 3.23. The van der Waals surface area contributed by atoms with Crippen LogP contribution in [-0.2, 0) is 5.75 Å². The zero-order valence-corrected chi connectivity index (χ0v) is 9.93. The first-order valence-corrected chi connectivity index (χ1v) is 6.09. The fraction of sp³-hybridized carbons (Fsp3) is 0.0833. The lowest BCUT2D eigenvalue weighted by Crippen LogP contribution is -1.83. The van der Waals surface area contributed by atoms with Crippen LogP contribution in [0.25, 0.3) is 0 Å². The highest BCUT2D eigenvalue weighted by atomic mass is 35.5. The summed E-state index contributed by atoms with van der Waals surface area (Å²) in [6.07, 6.45) is 1.47. The maximum absolute atomic E-state index is 12.8. The number of benzene rings is 1. The summed E-state index contributed by atoms with van der Waals surface area (Å²) in [4.78, 5) is 4.39. The molecule has 0 amide bonds. The average Bonchev–Trinajstić information content (AvgIpc) is 2.28. The van der Waals surface area contributed by atoms with Crippen molar-refractivity contribution in [3.8, 4) is 0 Å². The number of thioether (sulfide) groups is 1. The van der Waals surface area contributed by atoms with Crippen LogP contribution >= 0.6 is 23.4 Å². The first-order chi connectivity index (χ1) is 7.74. The first kappa shape index (κ1) is 11.4. The van der Waals surface area contributed by atoms with Gasteiger partial charge in [0.25, 0.3) is 0 Å². The van der Waals surface area contributed by atoms with Crippen molar-refractivity contribution in [3.05, 3.63) is 59.1 Å². The molecule has 82 valence electrons. The van der Waals surface area contributed by atoms with Crippen LogP contribution in [0.4, 0.5) is 4.39 Å². The summed E-state index contributed by atoms with van der Waals surface area (Å²) >= 11 is 7.36. The van der Waals surface area contributed by atoms with Gasteiger partial charge in [-0.2, -0.15) is 4.39 Å². The monoisotopic (exact) mass is 253 g/mol. The summed E-state index contributed by atoms with van der Waals surface area (Å²) in [6, 6.07) is 10.9. The van der Waals surface area contributed by atoms with Crippen LogP contribution in [0, 0.1) is 5.95 Å². The number of rotatable bonds is 3. The fourth-order valence-electron chi connectivity index (χ4n) is 1.22. The van der Waals surface area contributed by atoms with Crippen LogP contribution in [0.2, 0.25) is 5.02 Å². The maximum Gasteiger partial charge on any atom is 0.213 e. The van der Waals surface area contributed by atoms with Crippen LogP contribution in [0.1, 0.15) is 5.56 Å². The van der Waals surface area contributed by atoms with Crippen LogP contribution < -0.4 is 0 Å². The topological polar surface area (TPSA) is 12.9 Å². The number of aromatic nitrogens is 1. The van der Waals surface area contributed by atoms with E-state index in [1.807, 2.05) is 24.3 Å². The summed E-state index contributed by atoms with van der Waals surface area (Å²) in [7, 11) is 0. The predicted molar refractivity (Wildman–Crippen MR) is 65.2 cm³/mol. The van der Waals surface area contributed by atoms with Crippen LogP contribution in [-0.4, -0.2) is 4.98 Å². The lowest BCUT2D eigenvalue weighted by molar-refractivity contribution is 0.579. The zero-order valence-electron chi connectivity index (χ0n) is 8.36. The minimum atomic E-state index is -0.443. The molecule has 0 atom stereocenters. The van der Waals surface area contributed by atoms with Gasteiger partial charge in [-0.15, -0.1) is 11.8 Å². The largest absolute Gasteiger partial charge is 0.228 e. The number of halogens is 2. The summed E-state index contributed by atoms with van der Waals surface area (Å²) in [5.41, 5.74) is 1.16. The van der Waals surface area contributed by atoms with E-state index < -0.39 is 5.95 Å². The fourth-order valence-corrected chi connectivity index (χ4v) is 2.21. The molecule has 0 N–H and O–H groups in total. The molecule has 0 aliphatic rings. The molecule has 2 aromatic rings. The molecule has 1 heterocycles.